The van der Waals surface area contributed by atoms with Gasteiger partial charge < -0.3 is 9.47 Å². The SMILES string of the molecule is C=C(C)C(=O)OCC1(CCC)CO1. The number of carbonyl (C=O) groups is 1. The molecule has 1 saturated heterocycles. The normalized spacial score (nSPS) is 25.4. The minimum atomic E-state index is -0.328. The van der Waals surface area contributed by atoms with E-state index in [9.17, 15) is 4.79 Å². The fraction of sp³-hybridized carbons (Fsp3) is 0.700. The summed E-state index contributed by atoms with van der Waals surface area (Å²) in [5.41, 5.74) is 0.271. The summed E-state index contributed by atoms with van der Waals surface area (Å²) in [7, 11) is 0. The van der Waals surface area contributed by atoms with E-state index >= 15 is 0 Å². The van der Waals surface area contributed by atoms with Gasteiger partial charge in [0.15, 0.2) is 0 Å². The van der Waals surface area contributed by atoms with Crippen molar-refractivity contribution in [3.8, 4) is 0 Å². The Morgan fingerprint density at radius 2 is 2.31 bits per heavy atom. The van der Waals surface area contributed by atoms with Gasteiger partial charge in [0.2, 0.25) is 0 Å². The number of hydrogen-bond acceptors (Lipinski definition) is 3. The molecule has 0 radical (unpaired) electrons. The van der Waals surface area contributed by atoms with Gasteiger partial charge in [0.05, 0.1) is 6.61 Å². The minimum Gasteiger partial charge on any atom is -0.459 e. The van der Waals surface area contributed by atoms with Gasteiger partial charge in [0.25, 0.3) is 0 Å². The van der Waals surface area contributed by atoms with Crippen LogP contribution in [0.25, 0.3) is 0 Å². The van der Waals surface area contributed by atoms with Gasteiger partial charge in [-0.3, -0.25) is 0 Å². The first-order chi connectivity index (χ1) is 6.09. The Balaban J connectivity index is 2.26. The predicted octanol–water partition coefficient (Wildman–Crippen LogP) is 1.67. The van der Waals surface area contributed by atoms with E-state index in [1.54, 1.807) is 6.92 Å². The van der Waals surface area contributed by atoms with Crippen LogP contribution in [-0.2, 0) is 14.3 Å². The Bertz CT molecular complexity index is 216. The van der Waals surface area contributed by atoms with Crippen LogP contribution in [0, 0.1) is 0 Å². The number of rotatable bonds is 5. The lowest BCUT2D eigenvalue weighted by Crippen LogP contribution is -2.22. The van der Waals surface area contributed by atoms with Crippen molar-refractivity contribution in [3.05, 3.63) is 12.2 Å². The van der Waals surface area contributed by atoms with Crippen LogP contribution in [0.5, 0.6) is 0 Å². The van der Waals surface area contributed by atoms with E-state index in [2.05, 4.69) is 13.5 Å². The average Bonchev–Trinajstić information content (AvgIpc) is 2.82. The topological polar surface area (TPSA) is 38.8 Å². The summed E-state index contributed by atoms with van der Waals surface area (Å²) in [6, 6.07) is 0. The molecule has 74 valence electrons. The molecule has 1 aliphatic heterocycles. The summed E-state index contributed by atoms with van der Waals surface area (Å²) in [5.74, 6) is -0.328. The van der Waals surface area contributed by atoms with Crippen molar-refractivity contribution < 1.29 is 14.3 Å². The molecule has 1 atom stereocenters. The second-order valence-electron chi connectivity index (χ2n) is 3.58. The highest BCUT2D eigenvalue weighted by Gasteiger charge is 2.45. The molecule has 0 saturated carbocycles. The Kier molecular flexibility index (Phi) is 3.09. The zero-order valence-electron chi connectivity index (χ0n) is 8.26. The van der Waals surface area contributed by atoms with Crippen molar-refractivity contribution >= 4 is 5.97 Å². The van der Waals surface area contributed by atoms with E-state index in [1.807, 2.05) is 0 Å². The standard InChI is InChI=1S/C10H16O3/c1-4-5-10(7-13-10)6-12-9(11)8(2)3/h2,4-7H2,1,3H3. The van der Waals surface area contributed by atoms with Gasteiger partial charge in [0, 0.05) is 5.57 Å². The van der Waals surface area contributed by atoms with Crippen molar-refractivity contribution in [1.82, 2.24) is 0 Å². The van der Waals surface area contributed by atoms with Gasteiger partial charge in [-0.15, -0.1) is 0 Å². The molecule has 0 N–H and O–H groups in total. The molecule has 13 heavy (non-hydrogen) atoms. The molecule has 0 bridgehead atoms. The quantitative estimate of drug-likeness (QED) is 0.370. The van der Waals surface area contributed by atoms with Crippen molar-refractivity contribution in [2.75, 3.05) is 13.2 Å². The molecular weight excluding hydrogens is 168 g/mol. The Morgan fingerprint density at radius 3 is 2.69 bits per heavy atom. The van der Waals surface area contributed by atoms with Gasteiger partial charge in [-0.2, -0.15) is 0 Å². The van der Waals surface area contributed by atoms with E-state index in [0.29, 0.717) is 18.8 Å². The number of ether oxygens (including phenoxy) is 2. The Hall–Kier alpha value is -0.830. The first-order valence-corrected chi connectivity index (χ1v) is 4.56. The summed E-state index contributed by atoms with van der Waals surface area (Å²) in [6.45, 7) is 8.32. The largest absolute Gasteiger partial charge is 0.459 e. The second kappa shape index (κ2) is 3.92. The maximum Gasteiger partial charge on any atom is 0.333 e. The van der Waals surface area contributed by atoms with Crippen LogP contribution in [0.15, 0.2) is 12.2 Å². The van der Waals surface area contributed by atoms with Crippen LogP contribution in [0.4, 0.5) is 0 Å². The maximum atomic E-state index is 11.0. The lowest BCUT2D eigenvalue weighted by Gasteiger charge is -2.10. The lowest BCUT2D eigenvalue weighted by atomic mass is 10.1. The predicted molar refractivity (Wildman–Crippen MR) is 49.4 cm³/mol. The van der Waals surface area contributed by atoms with E-state index in [4.69, 9.17) is 9.47 Å². The molecule has 0 aromatic carbocycles. The molecule has 0 aromatic rings. The molecule has 1 fully saturated rings. The van der Waals surface area contributed by atoms with Crippen LogP contribution in [0.2, 0.25) is 0 Å². The van der Waals surface area contributed by atoms with E-state index in [0.717, 1.165) is 12.8 Å². The van der Waals surface area contributed by atoms with Crippen molar-refractivity contribution in [2.45, 2.75) is 32.3 Å². The molecule has 3 nitrogen and oxygen atoms in total. The second-order valence-corrected chi connectivity index (χ2v) is 3.58. The van der Waals surface area contributed by atoms with E-state index in [-0.39, 0.29) is 11.6 Å². The van der Waals surface area contributed by atoms with Gasteiger partial charge in [-0.1, -0.05) is 19.9 Å². The Labute approximate surface area is 78.7 Å². The third kappa shape index (κ3) is 2.84. The molecule has 1 rings (SSSR count). The Morgan fingerprint density at radius 1 is 1.69 bits per heavy atom. The van der Waals surface area contributed by atoms with E-state index < -0.39 is 0 Å². The molecule has 0 amide bonds. The van der Waals surface area contributed by atoms with Gasteiger partial charge in [-0.25, -0.2) is 4.79 Å². The number of carbonyl (C=O) groups excluding carboxylic acids is 1. The summed E-state index contributed by atoms with van der Waals surface area (Å²) >= 11 is 0. The van der Waals surface area contributed by atoms with E-state index in [1.165, 1.54) is 0 Å². The van der Waals surface area contributed by atoms with Crippen LogP contribution < -0.4 is 0 Å². The van der Waals surface area contributed by atoms with Gasteiger partial charge in [-0.05, 0) is 13.3 Å². The van der Waals surface area contributed by atoms with Crippen molar-refractivity contribution in [2.24, 2.45) is 0 Å². The smallest absolute Gasteiger partial charge is 0.333 e. The fourth-order valence-corrected chi connectivity index (χ4v) is 1.18. The zero-order chi connectivity index (χ0) is 9.90. The summed E-state index contributed by atoms with van der Waals surface area (Å²) in [6.07, 6.45) is 2.00. The number of epoxide rings is 1. The maximum absolute atomic E-state index is 11.0. The number of hydrogen-bond donors (Lipinski definition) is 0. The van der Waals surface area contributed by atoms with Crippen molar-refractivity contribution in [3.63, 3.8) is 0 Å². The third-order valence-electron chi connectivity index (χ3n) is 2.07. The molecule has 0 aliphatic carbocycles. The van der Waals surface area contributed by atoms with Crippen LogP contribution >= 0.6 is 0 Å². The summed E-state index contributed by atoms with van der Waals surface area (Å²) < 4.78 is 10.3. The lowest BCUT2D eigenvalue weighted by molar-refractivity contribution is -0.140. The highest BCUT2D eigenvalue weighted by Crippen LogP contribution is 2.32. The monoisotopic (exact) mass is 184 g/mol. The molecule has 3 heteroatoms. The van der Waals surface area contributed by atoms with Gasteiger partial charge in [0.1, 0.15) is 12.2 Å². The highest BCUT2D eigenvalue weighted by molar-refractivity contribution is 5.86. The zero-order valence-corrected chi connectivity index (χ0v) is 8.26. The summed E-state index contributed by atoms with van der Waals surface area (Å²) in [4.78, 5) is 11.0. The molecule has 0 spiro atoms. The highest BCUT2D eigenvalue weighted by atomic mass is 16.6. The van der Waals surface area contributed by atoms with Gasteiger partial charge >= 0.3 is 5.97 Å². The first-order valence-electron chi connectivity index (χ1n) is 4.56. The van der Waals surface area contributed by atoms with Crippen LogP contribution in [0.3, 0.4) is 0 Å². The summed E-state index contributed by atoms with van der Waals surface area (Å²) in [5, 5.41) is 0. The first kappa shape index (κ1) is 10.3. The molecular formula is C10H16O3. The molecule has 0 aromatic heterocycles. The van der Waals surface area contributed by atoms with Crippen LogP contribution in [-0.4, -0.2) is 24.8 Å². The molecule has 1 unspecified atom stereocenters. The fourth-order valence-electron chi connectivity index (χ4n) is 1.18. The molecule has 1 aliphatic rings. The average molecular weight is 184 g/mol. The van der Waals surface area contributed by atoms with Crippen LogP contribution in [0.1, 0.15) is 26.7 Å². The minimum absolute atomic E-state index is 0.167. The van der Waals surface area contributed by atoms with Crippen molar-refractivity contribution in [1.29, 1.82) is 0 Å². The number of esters is 1. The molecule has 1 heterocycles. The third-order valence-corrected chi connectivity index (χ3v) is 2.07.